The number of aromatic amines is 1. The highest BCUT2D eigenvalue weighted by Crippen LogP contribution is 2.20. The molecule has 7 heteroatoms. The van der Waals surface area contributed by atoms with Gasteiger partial charge >= 0.3 is 5.97 Å². The van der Waals surface area contributed by atoms with E-state index in [-0.39, 0.29) is 17.2 Å². The van der Waals surface area contributed by atoms with Crippen LogP contribution in [0, 0.1) is 17.2 Å². The van der Waals surface area contributed by atoms with Crippen molar-refractivity contribution in [2.45, 2.75) is 13.8 Å². The van der Waals surface area contributed by atoms with E-state index in [1.165, 1.54) is 0 Å². The van der Waals surface area contributed by atoms with Gasteiger partial charge in [-0.1, -0.05) is 32.0 Å². The lowest BCUT2D eigenvalue weighted by atomic mass is 10.2. The Balaban J connectivity index is 1.71. The number of para-hydroxylation sites is 2. The predicted molar refractivity (Wildman–Crippen MR) is 108 cm³/mol. The van der Waals surface area contributed by atoms with Crippen LogP contribution < -0.4 is 4.74 Å². The third-order valence-corrected chi connectivity index (χ3v) is 4.02. The van der Waals surface area contributed by atoms with Crippen molar-refractivity contribution >= 4 is 22.6 Å². The van der Waals surface area contributed by atoms with E-state index in [2.05, 4.69) is 9.97 Å². The maximum Gasteiger partial charge on any atom is 0.338 e. The number of rotatable bonds is 7. The third kappa shape index (κ3) is 4.93. The number of carbonyl (C=O) groups excluding carboxylic acids is 1. The van der Waals surface area contributed by atoms with Crippen molar-refractivity contribution < 1.29 is 19.4 Å². The number of nitrogens with one attached hydrogen (secondary N) is 1. The zero-order chi connectivity index (χ0) is 20.8. The number of benzene rings is 2. The van der Waals surface area contributed by atoms with E-state index in [4.69, 9.17) is 9.47 Å². The second kappa shape index (κ2) is 8.93. The quantitative estimate of drug-likeness (QED) is 0.354. The van der Waals surface area contributed by atoms with Crippen molar-refractivity contribution in [1.82, 2.24) is 9.97 Å². The number of fused-ring (bicyclic) bond motifs is 1. The molecule has 0 aliphatic rings. The number of nitrogens with zero attached hydrogens (tertiary/aromatic N) is 2. The summed E-state index contributed by atoms with van der Waals surface area (Å²) < 4.78 is 10.8. The first-order valence-electron chi connectivity index (χ1n) is 9.15. The molecular formula is C22H21N3O4. The summed E-state index contributed by atoms with van der Waals surface area (Å²) in [6.45, 7) is 4.14. The minimum Gasteiger partial charge on any atom is -0.507 e. The van der Waals surface area contributed by atoms with Crippen LogP contribution in [0.15, 0.2) is 54.3 Å². The highest BCUT2D eigenvalue weighted by Gasteiger charge is 2.16. The van der Waals surface area contributed by atoms with Gasteiger partial charge < -0.3 is 19.6 Å². The summed E-state index contributed by atoms with van der Waals surface area (Å²) in [4.78, 5) is 19.6. The smallest absolute Gasteiger partial charge is 0.338 e. The normalized spacial score (nSPS) is 11.8. The van der Waals surface area contributed by atoms with Gasteiger partial charge in [-0.05, 0) is 36.2 Å². The molecule has 0 bridgehead atoms. The molecule has 0 saturated heterocycles. The predicted octanol–water partition coefficient (Wildman–Crippen LogP) is 4.25. The lowest BCUT2D eigenvalue weighted by molar-refractivity contribution is 0.0502. The van der Waals surface area contributed by atoms with Crippen LogP contribution in [-0.2, 0) is 4.74 Å². The summed E-state index contributed by atoms with van der Waals surface area (Å²) in [5.41, 5.74) is 1.61. The fourth-order valence-corrected chi connectivity index (χ4v) is 2.59. The molecule has 3 aromatic rings. The third-order valence-electron chi connectivity index (χ3n) is 4.02. The maximum absolute atomic E-state index is 12.3. The number of hydrogen-bond donors (Lipinski definition) is 2. The van der Waals surface area contributed by atoms with Gasteiger partial charge in [0.05, 0.1) is 23.2 Å². The summed E-state index contributed by atoms with van der Waals surface area (Å²) in [6, 6.07) is 15.8. The van der Waals surface area contributed by atoms with E-state index in [1.54, 1.807) is 30.3 Å². The van der Waals surface area contributed by atoms with E-state index in [1.807, 2.05) is 38.1 Å². The number of hydrogen-bond acceptors (Lipinski definition) is 6. The van der Waals surface area contributed by atoms with E-state index < -0.39 is 12.6 Å². The number of imidazole rings is 1. The van der Waals surface area contributed by atoms with E-state index in [0.29, 0.717) is 29.4 Å². The van der Waals surface area contributed by atoms with Crippen molar-refractivity contribution in [2.75, 3.05) is 13.2 Å². The average Bonchev–Trinajstić information content (AvgIpc) is 3.15. The van der Waals surface area contributed by atoms with Gasteiger partial charge in [-0.3, -0.25) is 0 Å². The molecule has 1 aromatic heterocycles. The van der Waals surface area contributed by atoms with Gasteiger partial charge in [0.25, 0.3) is 0 Å². The van der Waals surface area contributed by atoms with E-state index in [0.717, 1.165) is 5.52 Å². The summed E-state index contributed by atoms with van der Waals surface area (Å²) >= 11 is 0. The van der Waals surface area contributed by atoms with Gasteiger partial charge in [-0.15, -0.1) is 0 Å². The number of H-pyrrole nitrogens is 1. The molecule has 0 aliphatic carbocycles. The molecule has 0 atom stereocenters. The minimum absolute atomic E-state index is 0.0805. The van der Waals surface area contributed by atoms with Gasteiger partial charge in [-0.25, -0.2) is 9.78 Å². The molecule has 0 amide bonds. The summed E-state index contributed by atoms with van der Waals surface area (Å²) in [7, 11) is 0. The van der Waals surface area contributed by atoms with Gasteiger partial charge in [0.2, 0.25) is 0 Å². The number of esters is 1. The molecule has 2 aromatic carbocycles. The van der Waals surface area contributed by atoms with Crippen LogP contribution in [0.1, 0.15) is 30.0 Å². The second-order valence-electron chi connectivity index (χ2n) is 6.84. The maximum atomic E-state index is 12.3. The summed E-state index contributed by atoms with van der Waals surface area (Å²) in [5, 5.41) is 19.7. The number of aliphatic hydroxyl groups is 1. The first-order chi connectivity index (χ1) is 14.0. The first-order valence-corrected chi connectivity index (χ1v) is 9.15. The van der Waals surface area contributed by atoms with Crippen molar-refractivity contribution in [3.8, 4) is 11.8 Å². The Bertz CT molecular complexity index is 1060. The van der Waals surface area contributed by atoms with Crippen LogP contribution in [0.25, 0.3) is 16.6 Å². The number of aromatic nitrogens is 2. The highest BCUT2D eigenvalue weighted by atomic mass is 16.5. The molecule has 29 heavy (non-hydrogen) atoms. The molecule has 0 saturated carbocycles. The Kier molecular flexibility index (Phi) is 6.15. The molecule has 2 N–H and O–H groups in total. The van der Waals surface area contributed by atoms with Gasteiger partial charge in [0.15, 0.2) is 11.6 Å². The van der Waals surface area contributed by atoms with Crippen molar-refractivity contribution in [3.63, 3.8) is 0 Å². The zero-order valence-electron chi connectivity index (χ0n) is 16.2. The van der Waals surface area contributed by atoms with Crippen LogP contribution in [0.4, 0.5) is 0 Å². The Labute approximate surface area is 168 Å². The molecule has 0 radical (unpaired) electrons. The number of aliphatic hydroxyl groups excluding tert-OH is 1. The second-order valence-corrected chi connectivity index (χ2v) is 6.84. The van der Waals surface area contributed by atoms with Gasteiger partial charge in [0.1, 0.15) is 24.0 Å². The van der Waals surface area contributed by atoms with Crippen LogP contribution >= 0.6 is 0 Å². The lowest BCUT2D eigenvalue weighted by Crippen LogP contribution is -2.10. The summed E-state index contributed by atoms with van der Waals surface area (Å²) in [5.74, 6) is 0.121. The molecule has 0 spiro atoms. The first kappa shape index (κ1) is 20.0. The molecule has 7 nitrogen and oxygen atoms in total. The lowest BCUT2D eigenvalue weighted by Gasteiger charge is -2.10. The SMILES string of the molecule is CC(C)COc1cccc(C(=O)OC/C(O)=C(\C#N)c2nc3ccccc3[nH]2)c1. The zero-order valence-corrected chi connectivity index (χ0v) is 16.2. The molecular weight excluding hydrogens is 370 g/mol. The van der Waals surface area contributed by atoms with Crippen LogP contribution in [-0.4, -0.2) is 34.3 Å². The Hall–Kier alpha value is -3.79. The number of allylic oxidation sites excluding steroid dienone is 1. The van der Waals surface area contributed by atoms with Gasteiger partial charge in [0, 0.05) is 0 Å². The van der Waals surface area contributed by atoms with E-state index in [9.17, 15) is 15.2 Å². The standard InChI is InChI=1S/C22H21N3O4/c1-14(2)12-28-16-7-5-6-15(10-16)22(27)29-13-20(26)17(11-23)21-24-18-8-3-4-9-19(18)25-21/h3-10,14,26H,12-13H2,1-2H3,(H,24,25)/b20-17-. The van der Waals surface area contributed by atoms with Crippen molar-refractivity contribution in [2.24, 2.45) is 5.92 Å². The minimum atomic E-state index is -0.631. The monoisotopic (exact) mass is 391 g/mol. The Morgan fingerprint density at radius 2 is 2.03 bits per heavy atom. The fraction of sp³-hybridized carbons (Fsp3) is 0.227. The molecule has 1 heterocycles. The number of nitriles is 1. The van der Waals surface area contributed by atoms with Crippen LogP contribution in [0.5, 0.6) is 5.75 Å². The molecule has 0 fully saturated rings. The summed E-state index contributed by atoms with van der Waals surface area (Å²) in [6.07, 6.45) is 0. The largest absolute Gasteiger partial charge is 0.507 e. The number of ether oxygens (including phenoxy) is 2. The van der Waals surface area contributed by atoms with Crippen LogP contribution in [0.3, 0.4) is 0 Å². The number of carbonyl (C=O) groups is 1. The Morgan fingerprint density at radius 3 is 2.76 bits per heavy atom. The van der Waals surface area contributed by atoms with Crippen molar-refractivity contribution in [3.05, 3.63) is 65.7 Å². The topological polar surface area (TPSA) is 108 Å². The van der Waals surface area contributed by atoms with Crippen molar-refractivity contribution in [1.29, 1.82) is 5.26 Å². The van der Waals surface area contributed by atoms with E-state index >= 15 is 0 Å². The average molecular weight is 391 g/mol. The molecule has 148 valence electrons. The highest BCUT2D eigenvalue weighted by molar-refractivity contribution is 5.90. The molecule has 3 rings (SSSR count). The molecule has 0 unspecified atom stereocenters. The van der Waals surface area contributed by atoms with Crippen LogP contribution in [0.2, 0.25) is 0 Å². The van der Waals surface area contributed by atoms with Gasteiger partial charge in [-0.2, -0.15) is 5.26 Å². The Morgan fingerprint density at radius 1 is 1.24 bits per heavy atom. The fourth-order valence-electron chi connectivity index (χ4n) is 2.59. The molecule has 0 aliphatic heterocycles.